The van der Waals surface area contributed by atoms with Gasteiger partial charge in [0.25, 0.3) is 0 Å². The zero-order chi connectivity index (χ0) is 12.1. The fourth-order valence-corrected chi connectivity index (χ4v) is 1.70. The topological polar surface area (TPSA) is 53.1 Å². The van der Waals surface area contributed by atoms with E-state index < -0.39 is 0 Å². The van der Waals surface area contributed by atoms with Crippen LogP contribution in [0.2, 0.25) is 0 Å². The van der Waals surface area contributed by atoms with E-state index in [1.54, 1.807) is 0 Å². The SMILES string of the molecule is CCOc1cccc(-c2cnn(CCN)c2)c1. The molecule has 0 radical (unpaired) electrons. The van der Waals surface area contributed by atoms with Crippen LogP contribution in [0.25, 0.3) is 11.1 Å². The lowest BCUT2D eigenvalue weighted by atomic mass is 10.1. The van der Waals surface area contributed by atoms with Gasteiger partial charge in [-0.25, -0.2) is 0 Å². The van der Waals surface area contributed by atoms with Gasteiger partial charge in [-0.3, -0.25) is 4.68 Å². The smallest absolute Gasteiger partial charge is 0.119 e. The van der Waals surface area contributed by atoms with Crippen molar-refractivity contribution in [1.82, 2.24) is 9.78 Å². The average Bonchev–Trinajstić information content (AvgIpc) is 2.79. The van der Waals surface area contributed by atoms with E-state index in [1.165, 1.54) is 0 Å². The average molecular weight is 231 g/mol. The maximum Gasteiger partial charge on any atom is 0.119 e. The molecule has 0 saturated heterocycles. The quantitative estimate of drug-likeness (QED) is 0.855. The molecule has 0 aliphatic heterocycles. The van der Waals surface area contributed by atoms with Crippen LogP contribution in [-0.4, -0.2) is 22.9 Å². The Bertz CT molecular complexity index is 479. The summed E-state index contributed by atoms with van der Waals surface area (Å²) in [6.45, 7) is 3.99. The van der Waals surface area contributed by atoms with Crippen LogP contribution in [0.3, 0.4) is 0 Å². The Labute approximate surface area is 101 Å². The van der Waals surface area contributed by atoms with Crippen molar-refractivity contribution in [2.75, 3.05) is 13.2 Å². The molecule has 1 heterocycles. The minimum atomic E-state index is 0.597. The second-order valence-corrected chi connectivity index (χ2v) is 3.74. The number of hydrogen-bond acceptors (Lipinski definition) is 3. The van der Waals surface area contributed by atoms with E-state index in [0.29, 0.717) is 13.2 Å². The third kappa shape index (κ3) is 2.85. The molecule has 4 heteroatoms. The molecule has 0 saturated carbocycles. The third-order valence-corrected chi connectivity index (χ3v) is 2.47. The van der Waals surface area contributed by atoms with Crippen LogP contribution in [0.4, 0.5) is 0 Å². The van der Waals surface area contributed by atoms with Gasteiger partial charge in [0.1, 0.15) is 5.75 Å². The normalized spacial score (nSPS) is 10.5. The highest BCUT2D eigenvalue weighted by atomic mass is 16.5. The zero-order valence-corrected chi connectivity index (χ0v) is 9.97. The molecule has 0 fully saturated rings. The summed E-state index contributed by atoms with van der Waals surface area (Å²) >= 11 is 0. The first-order valence-electron chi connectivity index (χ1n) is 5.79. The number of nitrogens with zero attached hydrogens (tertiary/aromatic N) is 2. The fourth-order valence-electron chi connectivity index (χ4n) is 1.70. The highest BCUT2D eigenvalue weighted by molar-refractivity contribution is 5.63. The summed E-state index contributed by atoms with van der Waals surface area (Å²) in [6.07, 6.45) is 3.85. The van der Waals surface area contributed by atoms with Gasteiger partial charge >= 0.3 is 0 Å². The van der Waals surface area contributed by atoms with Crippen molar-refractivity contribution in [3.63, 3.8) is 0 Å². The number of rotatable bonds is 5. The second kappa shape index (κ2) is 5.50. The Balaban J connectivity index is 2.22. The van der Waals surface area contributed by atoms with Crippen molar-refractivity contribution in [2.24, 2.45) is 5.73 Å². The number of ether oxygens (including phenoxy) is 1. The Morgan fingerprint density at radius 2 is 2.24 bits per heavy atom. The van der Waals surface area contributed by atoms with Gasteiger partial charge in [0.2, 0.25) is 0 Å². The largest absolute Gasteiger partial charge is 0.494 e. The van der Waals surface area contributed by atoms with Gasteiger partial charge in [-0.2, -0.15) is 5.10 Å². The summed E-state index contributed by atoms with van der Waals surface area (Å²) in [6, 6.07) is 8.01. The van der Waals surface area contributed by atoms with Gasteiger partial charge in [-0.1, -0.05) is 12.1 Å². The molecule has 0 bridgehead atoms. The van der Waals surface area contributed by atoms with Gasteiger partial charge in [-0.15, -0.1) is 0 Å². The minimum absolute atomic E-state index is 0.597. The predicted molar refractivity (Wildman–Crippen MR) is 67.9 cm³/mol. The van der Waals surface area contributed by atoms with Gasteiger partial charge in [0.05, 0.1) is 19.3 Å². The lowest BCUT2D eigenvalue weighted by Crippen LogP contribution is -2.09. The summed E-state index contributed by atoms with van der Waals surface area (Å²) < 4.78 is 7.32. The molecule has 2 N–H and O–H groups in total. The van der Waals surface area contributed by atoms with Crippen LogP contribution < -0.4 is 10.5 Å². The van der Waals surface area contributed by atoms with Crippen LogP contribution in [0.1, 0.15) is 6.92 Å². The molecule has 0 spiro atoms. The van der Waals surface area contributed by atoms with E-state index in [2.05, 4.69) is 5.10 Å². The molecular formula is C13H17N3O. The van der Waals surface area contributed by atoms with Gasteiger partial charge in [0, 0.05) is 18.3 Å². The molecule has 2 aromatic rings. The van der Waals surface area contributed by atoms with Gasteiger partial charge < -0.3 is 10.5 Å². The monoisotopic (exact) mass is 231 g/mol. The molecule has 17 heavy (non-hydrogen) atoms. The maximum absolute atomic E-state index is 5.49. The standard InChI is InChI=1S/C13H17N3O/c1-2-17-13-5-3-4-11(8-13)12-9-15-16(10-12)7-6-14/h3-5,8-10H,2,6-7,14H2,1H3. The van der Waals surface area contributed by atoms with Crippen molar-refractivity contribution < 1.29 is 4.74 Å². The summed E-state index contributed by atoms with van der Waals surface area (Å²) in [5.41, 5.74) is 7.69. The molecular weight excluding hydrogens is 214 g/mol. The second-order valence-electron chi connectivity index (χ2n) is 3.74. The fraction of sp³-hybridized carbons (Fsp3) is 0.308. The molecule has 90 valence electrons. The highest BCUT2D eigenvalue weighted by Crippen LogP contribution is 2.23. The Morgan fingerprint density at radius 1 is 1.35 bits per heavy atom. The van der Waals surface area contributed by atoms with Gasteiger partial charge in [-0.05, 0) is 24.6 Å². The first-order valence-corrected chi connectivity index (χ1v) is 5.79. The van der Waals surface area contributed by atoms with Crippen molar-refractivity contribution >= 4 is 0 Å². The lowest BCUT2D eigenvalue weighted by Gasteiger charge is -2.04. The van der Waals surface area contributed by atoms with E-state index in [-0.39, 0.29) is 0 Å². The van der Waals surface area contributed by atoms with Crippen molar-refractivity contribution in [1.29, 1.82) is 0 Å². The predicted octanol–water partition coefficient (Wildman–Crippen LogP) is 1.91. The Morgan fingerprint density at radius 3 is 3.00 bits per heavy atom. The third-order valence-electron chi connectivity index (χ3n) is 2.47. The Kier molecular flexibility index (Phi) is 3.77. The molecule has 0 amide bonds. The number of benzene rings is 1. The van der Waals surface area contributed by atoms with Crippen molar-refractivity contribution in [3.8, 4) is 16.9 Å². The van der Waals surface area contributed by atoms with Crippen molar-refractivity contribution in [2.45, 2.75) is 13.5 Å². The van der Waals surface area contributed by atoms with Crippen LogP contribution in [0.5, 0.6) is 5.75 Å². The Hall–Kier alpha value is -1.81. The zero-order valence-electron chi connectivity index (χ0n) is 9.97. The molecule has 0 aliphatic rings. The van der Waals surface area contributed by atoms with Crippen molar-refractivity contribution in [3.05, 3.63) is 36.7 Å². The molecule has 0 unspecified atom stereocenters. The minimum Gasteiger partial charge on any atom is -0.494 e. The summed E-state index contributed by atoms with van der Waals surface area (Å²) in [5.74, 6) is 0.886. The van der Waals surface area contributed by atoms with E-state index >= 15 is 0 Å². The first kappa shape index (κ1) is 11.7. The van der Waals surface area contributed by atoms with E-state index in [1.807, 2.05) is 48.3 Å². The molecule has 4 nitrogen and oxygen atoms in total. The van der Waals surface area contributed by atoms with Crippen LogP contribution in [0, 0.1) is 0 Å². The molecule has 0 atom stereocenters. The number of hydrogen-bond donors (Lipinski definition) is 1. The van der Waals surface area contributed by atoms with E-state index in [9.17, 15) is 0 Å². The molecule has 1 aromatic carbocycles. The highest BCUT2D eigenvalue weighted by Gasteiger charge is 2.02. The summed E-state index contributed by atoms with van der Waals surface area (Å²) in [4.78, 5) is 0. The van der Waals surface area contributed by atoms with Crippen LogP contribution in [-0.2, 0) is 6.54 Å². The number of nitrogens with two attached hydrogens (primary N) is 1. The number of aromatic nitrogens is 2. The van der Waals surface area contributed by atoms with E-state index in [4.69, 9.17) is 10.5 Å². The summed E-state index contributed by atoms with van der Waals surface area (Å²) in [5, 5.41) is 4.25. The van der Waals surface area contributed by atoms with Gasteiger partial charge in [0.15, 0.2) is 0 Å². The molecule has 1 aromatic heterocycles. The maximum atomic E-state index is 5.49. The molecule has 2 rings (SSSR count). The van der Waals surface area contributed by atoms with Crippen LogP contribution in [0.15, 0.2) is 36.7 Å². The van der Waals surface area contributed by atoms with E-state index in [0.717, 1.165) is 23.4 Å². The molecule has 0 aliphatic carbocycles. The lowest BCUT2D eigenvalue weighted by molar-refractivity contribution is 0.340. The summed E-state index contributed by atoms with van der Waals surface area (Å²) in [7, 11) is 0. The van der Waals surface area contributed by atoms with Crippen LogP contribution >= 0.6 is 0 Å². The first-order chi connectivity index (χ1) is 8.33.